The summed E-state index contributed by atoms with van der Waals surface area (Å²) in [5.41, 5.74) is 0.971. The van der Waals surface area contributed by atoms with Gasteiger partial charge in [0, 0.05) is 0 Å². The third-order valence-electron chi connectivity index (χ3n) is 3.35. The fourth-order valence-corrected chi connectivity index (χ4v) is 2.33. The zero-order valence-electron chi connectivity index (χ0n) is 9.72. The van der Waals surface area contributed by atoms with Gasteiger partial charge >= 0.3 is 0 Å². The predicted molar refractivity (Wildman–Crippen MR) is 62.1 cm³/mol. The van der Waals surface area contributed by atoms with E-state index < -0.39 is 24.3 Å². The Morgan fingerprint density at radius 3 is 2.63 bits per heavy atom. The molecule has 0 amide bonds. The van der Waals surface area contributed by atoms with E-state index in [9.17, 15) is 15.3 Å². The molecule has 102 valence electrons. The van der Waals surface area contributed by atoms with Crippen molar-refractivity contribution in [2.75, 3.05) is 6.61 Å². The Morgan fingerprint density at radius 1 is 1.16 bits per heavy atom. The number of fused-ring (bicyclic) bond motifs is 1. The molecule has 1 saturated heterocycles. The van der Waals surface area contributed by atoms with Crippen molar-refractivity contribution in [1.29, 1.82) is 0 Å². The van der Waals surface area contributed by atoms with E-state index in [4.69, 9.17) is 5.11 Å². The number of H-pyrrole nitrogens is 1. The number of aromatic amines is 1. The molecule has 0 saturated carbocycles. The van der Waals surface area contributed by atoms with Crippen LogP contribution in [0, 0.1) is 0 Å². The number of aliphatic hydroxyl groups excluding tert-OH is 3. The zero-order chi connectivity index (χ0) is 13.6. The number of nitrogens with zero attached hydrogens (tertiary/aromatic N) is 3. The van der Waals surface area contributed by atoms with Gasteiger partial charge in [-0.2, -0.15) is 10.1 Å². The predicted octanol–water partition coefficient (Wildman–Crippen LogP) is -2.21. The molecule has 6 N–H and O–H groups in total. The van der Waals surface area contributed by atoms with E-state index in [1.54, 1.807) is 0 Å². The molecule has 9 nitrogen and oxygen atoms in total. The summed E-state index contributed by atoms with van der Waals surface area (Å²) >= 11 is 0. The van der Waals surface area contributed by atoms with Crippen molar-refractivity contribution in [2.45, 2.75) is 24.3 Å². The average molecular weight is 267 g/mol. The highest BCUT2D eigenvalue weighted by Gasteiger charge is 2.43. The first-order valence-electron chi connectivity index (χ1n) is 5.74. The summed E-state index contributed by atoms with van der Waals surface area (Å²) in [6.45, 7) is -0.305. The van der Waals surface area contributed by atoms with Crippen LogP contribution in [0.15, 0.2) is 6.33 Å². The van der Waals surface area contributed by atoms with Crippen LogP contribution in [0.5, 0.6) is 5.88 Å². The maximum Gasteiger partial charge on any atom is 0.243 e. The van der Waals surface area contributed by atoms with Crippen molar-refractivity contribution in [3.8, 4) is 5.88 Å². The van der Waals surface area contributed by atoms with Gasteiger partial charge in [-0.1, -0.05) is 0 Å². The number of aromatic nitrogens is 4. The molecule has 3 heterocycles. The number of aliphatic hydroxyl groups is 3. The molecule has 9 heteroatoms. The average Bonchev–Trinajstić information content (AvgIpc) is 2.94. The number of hydrogen-bond donors (Lipinski definition) is 6. The van der Waals surface area contributed by atoms with Crippen LogP contribution in [0.25, 0.3) is 11.0 Å². The van der Waals surface area contributed by atoms with Crippen LogP contribution in [0.1, 0.15) is 11.7 Å². The molecule has 0 radical (unpaired) electrons. The van der Waals surface area contributed by atoms with E-state index in [1.807, 2.05) is 0 Å². The molecule has 0 aromatic carbocycles. The minimum atomic E-state index is -1.11. The molecule has 4 atom stereocenters. The minimum Gasteiger partial charge on any atom is -0.492 e. The van der Waals surface area contributed by atoms with E-state index in [0.29, 0.717) is 11.2 Å². The first-order chi connectivity index (χ1) is 9.13. The largest absolute Gasteiger partial charge is 0.492 e. The first kappa shape index (κ1) is 12.2. The maximum atomic E-state index is 9.98. The Balaban J connectivity index is 2.04. The molecular formula is C10H13N5O4. The van der Waals surface area contributed by atoms with Crippen molar-refractivity contribution in [2.24, 2.45) is 0 Å². The van der Waals surface area contributed by atoms with Crippen LogP contribution in [0.4, 0.5) is 0 Å². The lowest BCUT2D eigenvalue weighted by Crippen LogP contribution is -2.35. The molecule has 19 heavy (non-hydrogen) atoms. The van der Waals surface area contributed by atoms with Gasteiger partial charge < -0.3 is 20.4 Å². The number of aromatic hydroxyl groups is 1. The van der Waals surface area contributed by atoms with Gasteiger partial charge in [0.25, 0.3) is 0 Å². The van der Waals surface area contributed by atoms with Crippen molar-refractivity contribution < 1.29 is 20.4 Å². The number of hydrogen-bond acceptors (Lipinski definition) is 8. The van der Waals surface area contributed by atoms with Gasteiger partial charge in [0.05, 0.1) is 30.5 Å². The lowest BCUT2D eigenvalue weighted by molar-refractivity contribution is 0.0191. The molecular weight excluding hydrogens is 254 g/mol. The summed E-state index contributed by atoms with van der Waals surface area (Å²) in [4.78, 5) is 7.60. The van der Waals surface area contributed by atoms with Crippen molar-refractivity contribution >= 4 is 11.0 Å². The number of nitrogens with one attached hydrogen (secondary N) is 2. The summed E-state index contributed by atoms with van der Waals surface area (Å²) < 4.78 is 0. The molecule has 1 aliphatic heterocycles. The van der Waals surface area contributed by atoms with Crippen LogP contribution in [0.3, 0.4) is 0 Å². The van der Waals surface area contributed by atoms with Gasteiger partial charge in [-0.25, -0.2) is 4.98 Å². The Kier molecular flexibility index (Phi) is 2.82. The van der Waals surface area contributed by atoms with E-state index >= 15 is 0 Å². The quantitative estimate of drug-likeness (QED) is 0.359. The van der Waals surface area contributed by atoms with Crippen molar-refractivity contribution in [3.63, 3.8) is 0 Å². The molecule has 1 fully saturated rings. The Bertz CT molecular complexity index is 603. The molecule has 0 spiro atoms. The topological polar surface area (TPSA) is 147 Å². The second-order valence-corrected chi connectivity index (χ2v) is 4.45. The molecule has 0 bridgehead atoms. The lowest BCUT2D eigenvalue weighted by atomic mass is 10.1. The Labute approximate surface area is 106 Å². The van der Waals surface area contributed by atoms with Crippen LogP contribution < -0.4 is 5.32 Å². The number of rotatable bonds is 2. The second-order valence-electron chi connectivity index (χ2n) is 4.45. The van der Waals surface area contributed by atoms with Gasteiger partial charge in [-0.3, -0.25) is 10.4 Å². The standard InChI is InChI=1S/C10H13N5O4/c16-1-3-8(17)9(18)6(13-3)5-4-7(15-14-5)10(19)12-2-11-4/h2-3,6,8-9,13,16-18H,1H2,(H,14,15)(H,11,12,19)/t3-,6+,8-,9+/m1/s1. The summed E-state index contributed by atoms with van der Waals surface area (Å²) in [5, 5.41) is 47.8. The molecule has 3 rings (SSSR count). The third-order valence-corrected chi connectivity index (χ3v) is 3.35. The fourth-order valence-electron chi connectivity index (χ4n) is 2.33. The Hall–Kier alpha value is -1.81. The summed E-state index contributed by atoms with van der Waals surface area (Å²) in [6.07, 6.45) is -1.03. The SMILES string of the molecule is OC[C@H]1N[C@@H](c2[nH]nc3c(O)ncnc23)[C@H](O)[C@@H]1O. The fraction of sp³-hybridized carbons (Fsp3) is 0.500. The normalized spacial score (nSPS) is 31.1. The summed E-state index contributed by atoms with van der Waals surface area (Å²) in [5.74, 6) is -0.265. The smallest absolute Gasteiger partial charge is 0.243 e. The summed E-state index contributed by atoms with van der Waals surface area (Å²) in [6, 6.07) is -1.29. The molecule has 2 aromatic rings. The van der Waals surface area contributed by atoms with Crippen molar-refractivity contribution in [3.05, 3.63) is 12.0 Å². The van der Waals surface area contributed by atoms with Gasteiger partial charge in [0.1, 0.15) is 17.9 Å². The zero-order valence-corrected chi connectivity index (χ0v) is 9.72. The van der Waals surface area contributed by atoms with Gasteiger partial charge in [-0.05, 0) is 0 Å². The van der Waals surface area contributed by atoms with E-state index in [0.717, 1.165) is 0 Å². The maximum absolute atomic E-state index is 9.98. The highest BCUT2D eigenvalue weighted by Crippen LogP contribution is 2.31. The van der Waals surface area contributed by atoms with E-state index in [1.165, 1.54) is 6.33 Å². The molecule has 1 aliphatic rings. The molecule has 0 unspecified atom stereocenters. The van der Waals surface area contributed by atoms with E-state index in [2.05, 4.69) is 25.5 Å². The third kappa shape index (κ3) is 1.75. The van der Waals surface area contributed by atoms with Crippen LogP contribution in [0.2, 0.25) is 0 Å². The highest BCUT2D eigenvalue weighted by atomic mass is 16.3. The lowest BCUT2D eigenvalue weighted by Gasteiger charge is -2.13. The monoisotopic (exact) mass is 267 g/mol. The van der Waals surface area contributed by atoms with E-state index in [-0.39, 0.29) is 18.0 Å². The van der Waals surface area contributed by atoms with Gasteiger partial charge in [0.15, 0.2) is 5.52 Å². The van der Waals surface area contributed by atoms with Crippen LogP contribution in [-0.4, -0.2) is 65.4 Å². The van der Waals surface area contributed by atoms with Crippen molar-refractivity contribution in [1.82, 2.24) is 25.5 Å². The summed E-state index contributed by atoms with van der Waals surface area (Å²) in [7, 11) is 0. The van der Waals surface area contributed by atoms with Crippen LogP contribution >= 0.6 is 0 Å². The molecule has 0 aliphatic carbocycles. The molecule has 2 aromatic heterocycles. The Morgan fingerprint density at radius 2 is 1.95 bits per heavy atom. The van der Waals surface area contributed by atoms with Gasteiger partial charge in [0.2, 0.25) is 5.88 Å². The first-order valence-corrected chi connectivity index (χ1v) is 5.74. The van der Waals surface area contributed by atoms with Gasteiger partial charge in [-0.15, -0.1) is 0 Å². The highest BCUT2D eigenvalue weighted by molar-refractivity contribution is 5.81. The second kappa shape index (κ2) is 4.38. The van der Waals surface area contributed by atoms with Crippen LogP contribution in [-0.2, 0) is 0 Å². The minimum absolute atomic E-state index is 0.188.